The van der Waals surface area contributed by atoms with Gasteiger partial charge in [0.1, 0.15) is 5.82 Å². The van der Waals surface area contributed by atoms with E-state index in [-0.39, 0.29) is 36.2 Å². The maximum atomic E-state index is 13.4. The normalized spacial score (nSPS) is 19.9. The quantitative estimate of drug-likeness (QED) is 0.221. The first-order valence-corrected chi connectivity index (χ1v) is 16.6. The Hall–Kier alpha value is -4.79. The number of aryl methyl sites for hydroxylation is 1. The third-order valence-electron chi connectivity index (χ3n) is 9.62. The average Bonchev–Trinajstić information content (AvgIpc) is 3.74. The number of nitrogens with zero attached hydrogens (tertiary/aromatic N) is 3. The van der Waals surface area contributed by atoms with E-state index in [1.54, 1.807) is 4.68 Å². The molecule has 0 spiro atoms. The molecule has 4 heterocycles. The summed E-state index contributed by atoms with van der Waals surface area (Å²) in [6.07, 6.45) is 5.43. The number of anilines is 2. The lowest BCUT2D eigenvalue weighted by Gasteiger charge is -2.39. The molecule has 3 aliphatic heterocycles. The van der Waals surface area contributed by atoms with Crippen LogP contribution in [-0.4, -0.2) is 45.5 Å². The zero-order chi connectivity index (χ0) is 32.7. The van der Waals surface area contributed by atoms with E-state index in [4.69, 9.17) is 14.6 Å². The maximum absolute atomic E-state index is 13.4. The predicted octanol–water partition coefficient (Wildman–Crippen LogP) is 7.41. The van der Waals surface area contributed by atoms with Gasteiger partial charge in [0, 0.05) is 29.3 Å². The van der Waals surface area contributed by atoms with Gasteiger partial charge in [0.25, 0.3) is 0 Å². The summed E-state index contributed by atoms with van der Waals surface area (Å²) in [5.74, 6) is 2.76. The maximum Gasteiger partial charge on any atom is 0.324 e. The van der Waals surface area contributed by atoms with Crippen LogP contribution in [0, 0.1) is 12.8 Å². The van der Waals surface area contributed by atoms with Crippen LogP contribution in [0.5, 0.6) is 11.5 Å². The Morgan fingerprint density at radius 3 is 2.36 bits per heavy atom. The zero-order valence-corrected chi connectivity index (χ0v) is 27.6. The largest absolute Gasteiger partial charge is 0.454 e. The van der Waals surface area contributed by atoms with E-state index >= 15 is 0 Å². The van der Waals surface area contributed by atoms with Crippen molar-refractivity contribution in [3.63, 3.8) is 0 Å². The molecule has 2 atom stereocenters. The Balaban J connectivity index is 0.975. The van der Waals surface area contributed by atoms with E-state index in [1.807, 2.05) is 67.6 Å². The second kappa shape index (κ2) is 12.4. The minimum absolute atomic E-state index is 0.173. The first kappa shape index (κ1) is 30.8. The summed E-state index contributed by atoms with van der Waals surface area (Å²) in [6.45, 7) is 8.61. The van der Waals surface area contributed by atoms with Gasteiger partial charge < -0.3 is 19.7 Å². The zero-order valence-electron chi connectivity index (χ0n) is 27.6. The Morgan fingerprint density at radius 2 is 1.62 bits per heavy atom. The third kappa shape index (κ3) is 6.70. The van der Waals surface area contributed by atoms with Crippen molar-refractivity contribution in [2.24, 2.45) is 5.92 Å². The molecule has 2 N–H and O–H groups in total. The second-order valence-electron chi connectivity index (χ2n) is 14.3. The number of ether oxygens (including phenoxy) is 2. The number of hydrogen-bond donors (Lipinski definition) is 2. The molecular formula is C38H43N5O4. The van der Waals surface area contributed by atoms with Crippen LogP contribution in [0.25, 0.3) is 5.69 Å². The number of hydrogen-bond acceptors (Lipinski definition) is 5. The topological polar surface area (TPSA) is 97.7 Å². The van der Waals surface area contributed by atoms with Crippen LogP contribution in [0.2, 0.25) is 0 Å². The Morgan fingerprint density at radius 1 is 0.872 bits per heavy atom. The summed E-state index contributed by atoms with van der Waals surface area (Å²) in [6, 6.07) is 24.2. The monoisotopic (exact) mass is 633 g/mol. The number of urea groups is 1. The van der Waals surface area contributed by atoms with Gasteiger partial charge >= 0.3 is 6.03 Å². The van der Waals surface area contributed by atoms with E-state index < -0.39 is 0 Å². The number of piperidine rings is 1. The Kier molecular flexibility index (Phi) is 8.16. The van der Waals surface area contributed by atoms with Gasteiger partial charge in [0.2, 0.25) is 12.7 Å². The standard InChI is InChI=1S/C38H43N5O4/c1-24-8-11-29(12-9-24)43-35(22-34(41-43)38(2,3)4)40-37(45)39-28-7-5-6-25(17-28)16-27-18-30-13-14-31(19-27)42(30)36(44)21-26-10-15-32-33(20-26)47-23-46-32/h5-12,15,17,20,22,27,30-31H,13-14,16,18-19,21,23H2,1-4H3,(H2,39,40,45). The molecule has 3 aromatic carbocycles. The number of fused-ring (bicyclic) bond motifs is 3. The van der Waals surface area contributed by atoms with Gasteiger partial charge in [-0.2, -0.15) is 5.10 Å². The fraction of sp³-hybridized carbons (Fsp3) is 0.395. The summed E-state index contributed by atoms with van der Waals surface area (Å²) < 4.78 is 12.7. The van der Waals surface area contributed by atoms with Crippen molar-refractivity contribution in [2.45, 2.75) is 83.7 Å². The minimum atomic E-state index is -0.316. The fourth-order valence-electron chi connectivity index (χ4n) is 7.29. The molecule has 4 aromatic rings. The van der Waals surface area contributed by atoms with Crippen LogP contribution in [0.15, 0.2) is 72.8 Å². The van der Waals surface area contributed by atoms with Crippen LogP contribution in [0.3, 0.4) is 0 Å². The van der Waals surface area contributed by atoms with Crippen molar-refractivity contribution in [1.29, 1.82) is 0 Å². The first-order valence-electron chi connectivity index (χ1n) is 16.6. The van der Waals surface area contributed by atoms with Gasteiger partial charge in [-0.3, -0.25) is 10.1 Å². The van der Waals surface area contributed by atoms with Crippen LogP contribution in [-0.2, 0) is 23.1 Å². The van der Waals surface area contributed by atoms with Crippen molar-refractivity contribution in [1.82, 2.24) is 14.7 Å². The number of amides is 3. The number of nitrogens with one attached hydrogen (secondary N) is 2. The summed E-state index contributed by atoms with van der Waals surface area (Å²) in [5.41, 5.74) is 5.66. The third-order valence-corrected chi connectivity index (χ3v) is 9.62. The minimum Gasteiger partial charge on any atom is -0.454 e. The Labute approximate surface area is 276 Å². The molecule has 9 nitrogen and oxygen atoms in total. The van der Waals surface area contributed by atoms with Crippen LogP contribution < -0.4 is 20.1 Å². The smallest absolute Gasteiger partial charge is 0.324 e. The highest BCUT2D eigenvalue weighted by Gasteiger charge is 2.43. The summed E-state index contributed by atoms with van der Waals surface area (Å²) >= 11 is 0. The van der Waals surface area contributed by atoms with E-state index in [2.05, 4.69) is 48.4 Å². The van der Waals surface area contributed by atoms with Crippen molar-refractivity contribution in [2.75, 3.05) is 17.4 Å². The highest BCUT2D eigenvalue weighted by atomic mass is 16.7. The van der Waals surface area contributed by atoms with Crippen molar-refractivity contribution in [3.8, 4) is 17.2 Å². The molecule has 2 fully saturated rings. The van der Waals surface area contributed by atoms with Crippen molar-refractivity contribution in [3.05, 3.63) is 95.2 Å². The number of rotatable bonds is 7. The first-order chi connectivity index (χ1) is 22.6. The fourth-order valence-corrected chi connectivity index (χ4v) is 7.29. The van der Waals surface area contributed by atoms with Crippen LogP contribution >= 0.6 is 0 Å². The molecule has 2 saturated heterocycles. The molecule has 47 heavy (non-hydrogen) atoms. The predicted molar refractivity (Wildman–Crippen MR) is 182 cm³/mol. The van der Waals surface area contributed by atoms with Gasteiger partial charge in [0.15, 0.2) is 11.5 Å². The summed E-state index contributed by atoms with van der Waals surface area (Å²) in [7, 11) is 0. The van der Waals surface area contributed by atoms with Crippen molar-refractivity contribution >= 4 is 23.4 Å². The highest BCUT2D eigenvalue weighted by molar-refractivity contribution is 5.99. The number of aromatic nitrogens is 2. The van der Waals surface area contributed by atoms with Crippen LogP contribution in [0.1, 0.15) is 68.8 Å². The number of carbonyl (C=O) groups is 2. The molecule has 3 aliphatic rings. The molecule has 0 saturated carbocycles. The molecule has 0 aliphatic carbocycles. The molecule has 2 bridgehead atoms. The lowest BCUT2D eigenvalue weighted by molar-refractivity contribution is -0.135. The van der Waals surface area contributed by atoms with E-state index in [9.17, 15) is 9.59 Å². The summed E-state index contributed by atoms with van der Waals surface area (Å²) in [4.78, 5) is 28.8. The van der Waals surface area contributed by atoms with Gasteiger partial charge in [-0.25, -0.2) is 9.48 Å². The van der Waals surface area contributed by atoms with Gasteiger partial charge in [-0.15, -0.1) is 0 Å². The Bertz CT molecular complexity index is 1780. The van der Waals surface area contributed by atoms with E-state index in [0.717, 1.165) is 71.8 Å². The van der Waals surface area contributed by atoms with E-state index in [0.29, 0.717) is 18.2 Å². The van der Waals surface area contributed by atoms with Gasteiger partial charge in [0.05, 0.1) is 17.8 Å². The lowest BCUT2D eigenvalue weighted by Crippen LogP contribution is -2.47. The molecule has 7 rings (SSSR count). The van der Waals surface area contributed by atoms with E-state index in [1.165, 1.54) is 5.56 Å². The lowest BCUT2D eigenvalue weighted by atomic mass is 9.85. The molecule has 0 radical (unpaired) electrons. The van der Waals surface area contributed by atoms with Crippen LogP contribution in [0.4, 0.5) is 16.3 Å². The van der Waals surface area contributed by atoms with Gasteiger partial charge in [-0.05, 0) is 92.5 Å². The SMILES string of the molecule is Cc1ccc(-n2nc(C(C)(C)C)cc2NC(=O)Nc2cccc(CC3CC4CCC(C3)N4C(=O)Cc3ccc4c(c3)OCO4)c2)cc1. The number of carbonyl (C=O) groups excluding carboxylic acids is 2. The molecule has 3 amide bonds. The van der Waals surface area contributed by atoms with Crippen molar-refractivity contribution < 1.29 is 19.1 Å². The molecule has 1 aromatic heterocycles. The number of benzene rings is 3. The van der Waals surface area contributed by atoms with Gasteiger partial charge in [-0.1, -0.05) is 56.7 Å². The second-order valence-corrected chi connectivity index (χ2v) is 14.3. The molecule has 2 unspecified atom stereocenters. The highest BCUT2D eigenvalue weighted by Crippen LogP contribution is 2.41. The average molecular weight is 634 g/mol. The molecule has 244 valence electrons. The molecule has 9 heteroatoms. The molecular weight excluding hydrogens is 590 g/mol. The summed E-state index contributed by atoms with van der Waals surface area (Å²) in [5, 5.41) is 10.9.